The molecule has 0 heterocycles. The lowest BCUT2D eigenvalue weighted by molar-refractivity contribution is 0.150. The molecule has 1 aromatic rings. The van der Waals surface area contributed by atoms with E-state index in [9.17, 15) is 0 Å². The smallest absolute Gasteiger partial charge is 0.123 e. The Morgan fingerprint density at radius 1 is 1.30 bits per heavy atom. The quantitative estimate of drug-likeness (QED) is 0.793. The number of benzene rings is 1. The zero-order valence-corrected chi connectivity index (χ0v) is 12.8. The summed E-state index contributed by atoms with van der Waals surface area (Å²) in [5.74, 6) is 0.811. The Bertz CT molecular complexity index is 464. The molecule has 1 aromatic carbocycles. The Balaban J connectivity index is 2.59. The number of ether oxygens (including phenoxy) is 2. The molecule has 0 aliphatic heterocycles. The van der Waals surface area contributed by atoms with Crippen molar-refractivity contribution < 1.29 is 9.47 Å². The van der Waals surface area contributed by atoms with Crippen molar-refractivity contribution >= 4 is 0 Å². The van der Waals surface area contributed by atoms with Crippen molar-refractivity contribution in [3.05, 3.63) is 29.3 Å². The van der Waals surface area contributed by atoms with E-state index in [0.29, 0.717) is 12.1 Å². The minimum absolute atomic E-state index is 0.177. The summed E-state index contributed by atoms with van der Waals surface area (Å²) in [7, 11) is 3.37. The molecule has 0 bridgehead atoms. The van der Waals surface area contributed by atoms with E-state index in [2.05, 4.69) is 25.2 Å². The van der Waals surface area contributed by atoms with Gasteiger partial charge in [-0.1, -0.05) is 13.8 Å². The Kier molecular flexibility index (Phi) is 6.50. The predicted octanol–water partition coefficient (Wildman–Crippen LogP) is 2.72. The van der Waals surface area contributed by atoms with E-state index in [4.69, 9.17) is 14.7 Å². The molecule has 4 heteroatoms. The van der Waals surface area contributed by atoms with Crippen LogP contribution in [-0.4, -0.2) is 27.4 Å². The van der Waals surface area contributed by atoms with Crippen LogP contribution in [0.2, 0.25) is 0 Å². The third-order valence-electron chi connectivity index (χ3n) is 3.31. The Labute approximate surface area is 121 Å². The largest absolute Gasteiger partial charge is 0.496 e. The van der Waals surface area contributed by atoms with Gasteiger partial charge in [0.05, 0.1) is 18.7 Å². The minimum Gasteiger partial charge on any atom is -0.496 e. The fourth-order valence-corrected chi connectivity index (χ4v) is 1.99. The van der Waals surface area contributed by atoms with E-state index in [1.165, 1.54) is 0 Å². The zero-order valence-electron chi connectivity index (χ0n) is 12.8. The number of nitrogens with one attached hydrogen (secondary N) is 1. The summed E-state index contributed by atoms with van der Waals surface area (Å²) in [6.07, 6.45) is 1.01. The first-order valence-corrected chi connectivity index (χ1v) is 6.79. The number of nitrogens with zero attached hydrogens (tertiary/aromatic N) is 1. The Hall–Kier alpha value is -1.57. The van der Waals surface area contributed by atoms with E-state index in [-0.39, 0.29) is 5.41 Å². The summed E-state index contributed by atoms with van der Waals surface area (Å²) < 4.78 is 10.4. The summed E-state index contributed by atoms with van der Waals surface area (Å²) in [6, 6.07) is 7.63. The topological polar surface area (TPSA) is 54.3 Å². The van der Waals surface area contributed by atoms with Gasteiger partial charge < -0.3 is 14.8 Å². The van der Waals surface area contributed by atoms with Gasteiger partial charge >= 0.3 is 0 Å². The van der Waals surface area contributed by atoms with Crippen LogP contribution in [0.4, 0.5) is 0 Å². The van der Waals surface area contributed by atoms with Gasteiger partial charge in [0.25, 0.3) is 0 Å². The second-order valence-electron chi connectivity index (χ2n) is 5.65. The molecule has 0 saturated carbocycles. The van der Waals surface area contributed by atoms with Gasteiger partial charge in [0, 0.05) is 32.4 Å². The molecule has 0 spiro atoms. The van der Waals surface area contributed by atoms with Gasteiger partial charge in [-0.2, -0.15) is 5.26 Å². The monoisotopic (exact) mass is 276 g/mol. The van der Waals surface area contributed by atoms with Crippen LogP contribution in [0.1, 0.15) is 31.4 Å². The molecule has 0 amide bonds. The molecule has 0 aliphatic carbocycles. The summed E-state index contributed by atoms with van der Waals surface area (Å²) in [4.78, 5) is 0. The van der Waals surface area contributed by atoms with Crippen LogP contribution < -0.4 is 10.1 Å². The molecule has 0 atom stereocenters. The molecule has 0 aromatic heterocycles. The average Bonchev–Trinajstić information content (AvgIpc) is 2.45. The highest BCUT2D eigenvalue weighted by atomic mass is 16.5. The van der Waals surface area contributed by atoms with Gasteiger partial charge in [0.2, 0.25) is 0 Å². The molecule has 0 radical (unpaired) electrons. The van der Waals surface area contributed by atoms with E-state index in [1.807, 2.05) is 12.1 Å². The van der Waals surface area contributed by atoms with E-state index < -0.39 is 0 Å². The van der Waals surface area contributed by atoms with Crippen LogP contribution in [-0.2, 0) is 11.3 Å². The summed E-state index contributed by atoms with van der Waals surface area (Å²) in [6.45, 7) is 6.76. The Morgan fingerprint density at radius 2 is 2.05 bits per heavy atom. The number of hydrogen-bond donors (Lipinski definition) is 1. The van der Waals surface area contributed by atoms with Crippen molar-refractivity contribution in [3.63, 3.8) is 0 Å². The molecule has 0 aliphatic rings. The highest BCUT2D eigenvalue weighted by Gasteiger charge is 2.17. The highest BCUT2D eigenvalue weighted by Crippen LogP contribution is 2.21. The maximum Gasteiger partial charge on any atom is 0.123 e. The van der Waals surface area contributed by atoms with E-state index >= 15 is 0 Å². The zero-order chi connectivity index (χ0) is 15.0. The van der Waals surface area contributed by atoms with Crippen molar-refractivity contribution in [2.75, 3.05) is 27.4 Å². The molecular weight excluding hydrogens is 252 g/mol. The highest BCUT2D eigenvalue weighted by molar-refractivity contribution is 5.41. The SMILES string of the molecule is COCCC(C)(C)CNCc1cc(C#N)ccc1OC. The summed E-state index contributed by atoms with van der Waals surface area (Å²) in [5, 5.41) is 12.4. The molecule has 0 fully saturated rings. The second-order valence-corrected chi connectivity index (χ2v) is 5.65. The van der Waals surface area contributed by atoms with E-state index in [1.54, 1.807) is 20.3 Å². The van der Waals surface area contributed by atoms with Gasteiger partial charge in [-0.05, 0) is 30.0 Å². The lowest BCUT2D eigenvalue weighted by atomic mass is 9.89. The molecule has 1 rings (SSSR count). The predicted molar refractivity (Wildman–Crippen MR) is 79.7 cm³/mol. The normalized spacial score (nSPS) is 11.2. The lowest BCUT2D eigenvalue weighted by Gasteiger charge is -2.25. The molecule has 20 heavy (non-hydrogen) atoms. The van der Waals surface area contributed by atoms with Crippen LogP contribution in [0.5, 0.6) is 5.75 Å². The molecule has 0 unspecified atom stereocenters. The third kappa shape index (κ3) is 5.20. The second kappa shape index (κ2) is 7.88. The lowest BCUT2D eigenvalue weighted by Crippen LogP contribution is -2.30. The van der Waals surface area contributed by atoms with Crippen molar-refractivity contribution in [2.24, 2.45) is 5.41 Å². The summed E-state index contributed by atoms with van der Waals surface area (Å²) in [5.41, 5.74) is 1.84. The van der Waals surface area contributed by atoms with Crippen LogP contribution in [0, 0.1) is 16.7 Å². The number of rotatable bonds is 8. The van der Waals surface area contributed by atoms with Crippen LogP contribution in [0.3, 0.4) is 0 Å². The fourth-order valence-electron chi connectivity index (χ4n) is 1.99. The molecule has 4 nitrogen and oxygen atoms in total. The van der Waals surface area contributed by atoms with E-state index in [0.717, 1.165) is 30.9 Å². The number of hydrogen-bond acceptors (Lipinski definition) is 4. The third-order valence-corrected chi connectivity index (χ3v) is 3.31. The van der Waals surface area contributed by atoms with Gasteiger partial charge in [-0.3, -0.25) is 0 Å². The fraction of sp³-hybridized carbons (Fsp3) is 0.562. The molecular formula is C16H24N2O2. The number of methoxy groups -OCH3 is 2. The van der Waals surface area contributed by atoms with Crippen LogP contribution >= 0.6 is 0 Å². The number of nitriles is 1. The van der Waals surface area contributed by atoms with Crippen LogP contribution in [0.25, 0.3) is 0 Å². The maximum absolute atomic E-state index is 8.95. The van der Waals surface area contributed by atoms with Crippen molar-refractivity contribution in [2.45, 2.75) is 26.8 Å². The Morgan fingerprint density at radius 3 is 2.65 bits per heavy atom. The first kappa shape index (κ1) is 16.5. The standard InChI is InChI=1S/C16H24N2O2/c1-16(2,7-8-19-3)12-18-11-14-9-13(10-17)5-6-15(14)20-4/h5-6,9,18H,7-8,11-12H2,1-4H3. The van der Waals surface area contributed by atoms with Gasteiger partial charge in [-0.15, -0.1) is 0 Å². The van der Waals surface area contributed by atoms with Crippen LogP contribution in [0.15, 0.2) is 18.2 Å². The minimum atomic E-state index is 0.177. The molecule has 0 saturated heterocycles. The van der Waals surface area contributed by atoms with Gasteiger partial charge in [-0.25, -0.2) is 0 Å². The first-order chi connectivity index (χ1) is 9.52. The van der Waals surface area contributed by atoms with Crippen molar-refractivity contribution in [1.29, 1.82) is 5.26 Å². The van der Waals surface area contributed by atoms with Gasteiger partial charge in [0.1, 0.15) is 5.75 Å². The molecule has 1 N–H and O–H groups in total. The van der Waals surface area contributed by atoms with Crippen molar-refractivity contribution in [3.8, 4) is 11.8 Å². The van der Waals surface area contributed by atoms with Gasteiger partial charge in [0.15, 0.2) is 0 Å². The average molecular weight is 276 g/mol. The first-order valence-electron chi connectivity index (χ1n) is 6.79. The van der Waals surface area contributed by atoms with Crippen molar-refractivity contribution in [1.82, 2.24) is 5.32 Å². The maximum atomic E-state index is 8.95. The summed E-state index contributed by atoms with van der Waals surface area (Å²) >= 11 is 0. The molecule has 110 valence electrons.